The van der Waals surface area contributed by atoms with Crippen molar-refractivity contribution >= 4 is 11.6 Å². The lowest BCUT2D eigenvalue weighted by atomic mass is 9.74. The molecule has 2 atom stereocenters. The number of hydrogen-bond acceptors (Lipinski definition) is 2. The van der Waals surface area contributed by atoms with Crippen molar-refractivity contribution in [3.05, 3.63) is 22.4 Å². The molecule has 1 saturated carbocycles. The van der Waals surface area contributed by atoms with Gasteiger partial charge >= 0.3 is 0 Å². The maximum Gasteiger partial charge on any atom is 0.0977 e. The van der Waals surface area contributed by atoms with Crippen molar-refractivity contribution < 1.29 is 4.74 Å². The number of allylic oxidation sites excluding steroid dienone is 4. The average Bonchev–Trinajstić information content (AvgIpc) is 2.92. The molecule has 0 aromatic rings. The van der Waals surface area contributed by atoms with Gasteiger partial charge in [0.05, 0.1) is 12.4 Å². The van der Waals surface area contributed by atoms with Crippen LogP contribution in [0.4, 0.5) is 0 Å². The Kier molecular flexibility index (Phi) is 4.72. The quantitative estimate of drug-likeness (QED) is 0.749. The molecule has 1 heterocycles. The molecule has 0 bridgehead atoms. The summed E-state index contributed by atoms with van der Waals surface area (Å²) in [4.78, 5) is 2.64. The van der Waals surface area contributed by atoms with Crippen LogP contribution in [0.3, 0.4) is 0 Å². The number of likely N-dealkylation sites (tertiary alicyclic amines) is 1. The van der Waals surface area contributed by atoms with Gasteiger partial charge in [-0.1, -0.05) is 17.2 Å². The molecule has 2 aliphatic carbocycles. The van der Waals surface area contributed by atoms with Gasteiger partial charge in [0.25, 0.3) is 0 Å². The van der Waals surface area contributed by atoms with Crippen LogP contribution in [0.1, 0.15) is 45.4 Å². The fraction of sp³-hybridized carbons (Fsp3) is 0.765. The molecule has 0 amide bonds. The van der Waals surface area contributed by atoms with E-state index in [-0.39, 0.29) is 0 Å². The van der Waals surface area contributed by atoms with Crippen LogP contribution in [-0.2, 0) is 4.74 Å². The van der Waals surface area contributed by atoms with Crippen LogP contribution in [-0.4, -0.2) is 31.1 Å². The first-order chi connectivity index (χ1) is 9.72. The zero-order valence-electron chi connectivity index (χ0n) is 12.5. The molecule has 0 radical (unpaired) electrons. The Morgan fingerprint density at radius 1 is 1.20 bits per heavy atom. The summed E-state index contributed by atoms with van der Waals surface area (Å²) < 4.78 is 6.02. The summed E-state index contributed by atoms with van der Waals surface area (Å²) in [5.41, 5.74) is 1.29. The smallest absolute Gasteiger partial charge is 0.0977 e. The van der Waals surface area contributed by atoms with E-state index >= 15 is 0 Å². The van der Waals surface area contributed by atoms with Gasteiger partial charge in [0, 0.05) is 18.0 Å². The summed E-state index contributed by atoms with van der Waals surface area (Å²) in [5, 5.41) is 0.883. The van der Waals surface area contributed by atoms with E-state index in [0.717, 1.165) is 42.1 Å². The lowest BCUT2D eigenvalue weighted by Crippen LogP contribution is -2.38. The monoisotopic (exact) mass is 295 g/mol. The second-order valence-electron chi connectivity index (χ2n) is 6.66. The van der Waals surface area contributed by atoms with Crippen LogP contribution in [0, 0.1) is 11.8 Å². The van der Waals surface area contributed by atoms with Crippen LogP contribution in [0.2, 0.25) is 0 Å². The molecule has 2 nitrogen and oxygen atoms in total. The van der Waals surface area contributed by atoms with E-state index in [0.29, 0.717) is 0 Å². The first kappa shape index (κ1) is 14.5. The zero-order chi connectivity index (χ0) is 13.9. The molecule has 112 valence electrons. The molecule has 1 saturated heterocycles. The summed E-state index contributed by atoms with van der Waals surface area (Å²) in [5.74, 6) is 2.72. The minimum atomic E-state index is 0.766. The number of rotatable bonds is 5. The third-order valence-electron chi connectivity index (χ3n) is 5.19. The van der Waals surface area contributed by atoms with Crippen LogP contribution >= 0.6 is 11.6 Å². The van der Waals surface area contributed by atoms with E-state index in [1.165, 1.54) is 50.9 Å². The molecule has 3 heteroatoms. The predicted octanol–water partition coefficient (Wildman–Crippen LogP) is 4.32. The molecule has 0 N–H and O–H groups in total. The second-order valence-corrected chi connectivity index (χ2v) is 7.06. The van der Waals surface area contributed by atoms with Crippen LogP contribution < -0.4 is 0 Å². The Balaban J connectivity index is 1.43. The number of halogens is 1. The number of nitrogens with zero attached hydrogens (tertiary/aromatic N) is 1. The maximum absolute atomic E-state index is 6.18. The molecule has 0 aromatic carbocycles. The fourth-order valence-corrected chi connectivity index (χ4v) is 3.71. The molecule has 0 spiro atoms. The predicted molar refractivity (Wildman–Crippen MR) is 83.7 cm³/mol. The Labute approximate surface area is 127 Å². The molecular formula is C17H26ClNO. The van der Waals surface area contributed by atoms with Gasteiger partial charge in [-0.05, 0) is 70.0 Å². The molecule has 3 rings (SSSR count). The normalized spacial score (nSPS) is 31.2. The van der Waals surface area contributed by atoms with Crippen molar-refractivity contribution in [1.82, 2.24) is 4.90 Å². The largest absolute Gasteiger partial charge is 0.498 e. The lowest BCUT2D eigenvalue weighted by Gasteiger charge is -2.39. The Morgan fingerprint density at radius 3 is 2.60 bits per heavy atom. The summed E-state index contributed by atoms with van der Waals surface area (Å²) in [6.45, 7) is 6.93. The van der Waals surface area contributed by atoms with Crippen molar-refractivity contribution in [2.24, 2.45) is 11.8 Å². The summed E-state index contributed by atoms with van der Waals surface area (Å²) >= 11 is 6.18. The van der Waals surface area contributed by atoms with Crippen LogP contribution in [0.15, 0.2) is 22.4 Å². The minimum absolute atomic E-state index is 0.766. The Bertz CT molecular complexity index is 409. The zero-order valence-corrected chi connectivity index (χ0v) is 13.3. The van der Waals surface area contributed by atoms with Crippen molar-refractivity contribution in [2.75, 3.05) is 26.2 Å². The van der Waals surface area contributed by atoms with Crippen molar-refractivity contribution in [1.29, 1.82) is 0 Å². The first-order valence-electron chi connectivity index (χ1n) is 8.13. The Hall–Kier alpha value is -0.470. The first-order valence-corrected chi connectivity index (χ1v) is 8.51. The summed E-state index contributed by atoms with van der Waals surface area (Å²) in [7, 11) is 0. The Morgan fingerprint density at radius 2 is 1.95 bits per heavy atom. The highest BCUT2D eigenvalue weighted by Crippen LogP contribution is 2.37. The van der Waals surface area contributed by atoms with Gasteiger partial charge in [-0.2, -0.15) is 0 Å². The van der Waals surface area contributed by atoms with Gasteiger partial charge in [0.1, 0.15) is 0 Å². The molecule has 2 unspecified atom stereocenters. The molecule has 3 aliphatic rings. The van der Waals surface area contributed by atoms with Crippen molar-refractivity contribution in [3.63, 3.8) is 0 Å². The highest BCUT2D eigenvalue weighted by atomic mass is 35.5. The van der Waals surface area contributed by atoms with Gasteiger partial charge in [0.15, 0.2) is 0 Å². The minimum Gasteiger partial charge on any atom is -0.498 e. The number of ether oxygens (including phenoxy) is 1. The summed E-state index contributed by atoms with van der Waals surface area (Å²) in [6.07, 6.45) is 9.61. The van der Waals surface area contributed by atoms with Crippen molar-refractivity contribution in [3.8, 4) is 0 Å². The van der Waals surface area contributed by atoms with Crippen LogP contribution in [0.25, 0.3) is 0 Å². The van der Waals surface area contributed by atoms with Crippen LogP contribution in [0.5, 0.6) is 0 Å². The summed E-state index contributed by atoms with van der Waals surface area (Å²) in [6, 6.07) is 0. The standard InChI is InChI=1S/C17H26ClNO/c1-13-4-7-16(10-17(13)18)20-12-15-6-5-14(15)11-19-8-2-3-9-19/h10,14-15H,2-9,11-12H2,1H3. The highest BCUT2D eigenvalue weighted by molar-refractivity contribution is 6.31. The SMILES string of the molecule is CC1=C(Cl)C=C(OCC2CCC2CN2CCCC2)CC1. The van der Waals surface area contributed by atoms with Gasteiger partial charge in [-0.15, -0.1) is 0 Å². The lowest BCUT2D eigenvalue weighted by molar-refractivity contribution is 0.0451. The maximum atomic E-state index is 6.18. The average molecular weight is 296 g/mol. The topological polar surface area (TPSA) is 12.5 Å². The highest BCUT2D eigenvalue weighted by Gasteiger charge is 2.33. The third kappa shape index (κ3) is 3.40. The van der Waals surface area contributed by atoms with E-state index in [4.69, 9.17) is 16.3 Å². The fourth-order valence-electron chi connectivity index (χ4n) is 3.49. The van der Waals surface area contributed by atoms with Gasteiger partial charge in [-0.3, -0.25) is 0 Å². The van der Waals surface area contributed by atoms with E-state index < -0.39 is 0 Å². The van der Waals surface area contributed by atoms with E-state index in [2.05, 4.69) is 11.8 Å². The second kappa shape index (κ2) is 6.53. The van der Waals surface area contributed by atoms with Crippen molar-refractivity contribution in [2.45, 2.75) is 45.4 Å². The number of hydrogen-bond donors (Lipinski definition) is 0. The van der Waals surface area contributed by atoms with E-state index in [1.54, 1.807) is 0 Å². The van der Waals surface area contributed by atoms with Gasteiger partial charge in [0.2, 0.25) is 0 Å². The molecular weight excluding hydrogens is 270 g/mol. The van der Waals surface area contributed by atoms with Gasteiger partial charge in [-0.25, -0.2) is 0 Å². The molecule has 2 fully saturated rings. The molecule has 0 aromatic heterocycles. The third-order valence-corrected chi connectivity index (χ3v) is 5.62. The molecule has 1 aliphatic heterocycles. The molecule has 20 heavy (non-hydrogen) atoms. The van der Waals surface area contributed by atoms with E-state index in [1.807, 2.05) is 6.08 Å². The van der Waals surface area contributed by atoms with Gasteiger partial charge < -0.3 is 9.64 Å². The van der Waals surface area contributed by atoms with E-state index in [9.17, 15) is 0 Å².